The molecule has 0 bridgehead atoms. The van der Waals surface area contributed by atoms with Crippen LogP contribution in [0, 0.1) is 6.92 Å². The molecule has 1 N–H and O–H groups in total. The standard InChI is InChI=1S/C17H17N5O4S/c1-3-26-10-5-21(6-10)12-4-9(2)13-14(23)11(16(24)25)7-22(15(13)20-12)17-18-8-19-27-17/h4,7-8,10H,3,5-6H2,1-2H3,(H,24,25). The second kappa shape index (κ2) is 6.71. The summed E-state index contributed by atoms with van der Waals surface area (Å²) in [6, 6.07) is 1.81. The number of hydrogen-bond donors (Lipinski definition) is 1. The van der Waals surface area contributed by atoms with Crippen molar-refractivity contribution in [2.24, 2.45) is 0 Å². The van der Waals surface area contributed by atoms with Crippen LogP contribution in [0.5, 0.6) is 0 Å². The van der Waals surface area contributed by atoms with E-state index in [9.17, 15) is 14.7 Å². The SMILES string of the molecule is CCOC1CN(c2cc(C)c3c(=O)c(C(=O)O)cn(-c4ncns4)c3n2)C1. The van der Waals surface area contributed by atoms with Gasteiger partial charge in [0.15, 0.2) is 5.65 Å². The first-order chi connectivity index (χ1) is 13.0. The highest BCUT2D eigenvalue weighted by atomic mass is 32.1. The van der Waals surface area contributed by atoms with Crippen LogP contribution in [-0.2, 0) is 4.74 Å². The summed E-state index contributed by atoms with van der Waals surface area (Å²) in [6.45, 7) is 5.86. The van der Waals surface area contributed by atoms with Crippen molar-refractivity contribution in [3.05, 3.63) is 39.9 Å². The summed E-state index contributed by atoms with van der Waals surface area (Å²) in [5.74, 6) is -0.567. The molecule has 27 heavy (non-hydrogen) atoms. The van der Waals surface area contributed by atoms with Crippen LogP contribution in [0.1, 0.15) is 22.8 Å². The Labute approximate surface area is 158 Å². The van der Waals surface area contributed by atoms with Crippen molar-refractivity contribution in [3.8, 4) is 5.13 Å². The number of ether oxygens (including phenoxy) is 1. The van der Waals surface area contributed by atoms with Gasteiger partial charge in [0.25, 0.3) is 0 Å². The maximum atomic E-state index is 12.7. The van der Waals surface area contributed by atoms with Crippen LogP contribution in [0.25, 0.3) is 16.2 Å². The van der Waals surface area contributed by atoms with E-state index in [0.29, 0.717) is 22.9 Å². The van der Waals surface area contributed by atoms with Crippen LogP contribution in [-0.4, -0.2) is 55.8 Å². The number of aromatic nitrogens is 4. The summed E-state index contributed by atoms with van der Waals surface area (Å²) >= 11 is 1.10. The molecule has 3 aromatic heterocycles. The summed E-state index contributed by atoms with van der Waals surface area (Å²) < 4.78 is 11.1. The average Bonchev–Trinajstić information content (AvgIpc) is 3.11. The third kappa shape index (κ3) is 2.96. The van der Waals surface area contributed by atoms with E-state index in [1.807, 2.05) is 13.0 Å². The fourth-order valence-corrected chi connectivity index (χ4v) is 3.69. The predicted octanol–water partition coefficient (Wildman–Crippen LogP) is 1.47. The Balaban J connectivity index is 1.90. The predicted molar refractivity (Wildman–Crippen MR) is 100 cm³/mol. The van der Waals surface area contributed by atoms with E-state index in [-0.39, 0.29) is 17.1 Å². The van der Waals surface area contributed by atoms with Crippen molar-refractivity contribution in [2.75, 3.05) is 24.6 Å². The average molecular weight is 387 g/mol. The molecule has 4 rings (SSSR count). The van der Waals surface area contributed by atoms with Gasteiger partial charge < -0.3 is 14.7 Å². The Morgan fingerprint density at radius 3 is 2.85 bits per heavy atom. The van der Waals surface area contributed by atoms with E-state index >= 15 is 0 Å². The van der Waals surface area contributed by atoms with E-state index in [1.165, 1.54) is 17.1 Å². The van der Waals surface area contributed by atoms with Gasteiger partial charge in [0.2, 0.25) is 10.6 Å². The van der Waals surface area contributed by atoms with Crippen LogP contribution in [0.15, 0.2) is 23.4 Å². The Morgan fingerprint density at radius 1 is 1.44 bits per heavy atom. The number of anilines is 1. The Hall–Kier alpha value is -2.85. The van der Waals surface area contributed by atoms with Crippen molar-refractivity contribution in [1.29, 1.82) is 0 Å². The minimum atomic E-state index is -1.29. The number of carbonyl (C=O) groups is 1. The quantitative estimate of drug-likeness (QED) is 0.701. The monoisotopic (exact) mass is 387 g/mol. The van der Waals surface area contributed by atoms with E-state index in [0.717, 1.165) is 30.4 Å². The number of nitrogens with zero attached hydrogens (tertiary/aromatic N) is 5. The van der Waals surface area contributed by atoms with Gasteiger partial charge in [-0.15, -0.1) is 0 Å². The van der Waals surface area contributed by atoms with Crippen molar-refractivity contribution < 1.29 is 14.6 Å². The Kier molecular flexibility index (Phi) is 4.36. The number of aromatic carboxylic acids is 1. The van der Waals surface area contributed by atoms with Crippen LogP contribution in [0.3, 0.4) is 0 Å². The third-order valence-electron chi connectivity index (χ3n) is 4.50. The lowest BCUT2D eigenvalue weighted by Crippen LogP contribution is -2.52. The van der Waals surface area contributed by atoms with Gasteiger partial charge in [-0.2, -0.15) is 4.37 Å². The lowest BCUT2D eigenvalue weighted by molar-refractivity contribution is 0.0427. The molecule has 0 radical (unpaired) electrons. The molecule has 0 aliphatic carbocycles. The maximum absolute atomic E-state index is 12.7. The zero-order chi connectivity index (χ0) is 19.1. The van der Waals surface area contributed by atoms with Crippen molar-refractivity contribution in [3.63, 3.8) is 0 Å². The fraction of sp³-hybridized carbons (Fsp3) is 0.353. The van der Waals surface area contributed by atoms with Gasteiger partial charge in [0, 0.05) is 37.4 Å². The topological polar surface area (TPSA) is 110 Å². The number of pyridine rings is 2. The van der Waals surface area contributed by atoms with E-state index < -0.39 is 11.4 Å². The van der Waals surface area contributed by atoms with Crippen LogP contribution in [0.4, 0.5) is 5.82 Å². The first-order valence-electron chi connectivity index (χ1n) is 8.43. The molecular formula is C17H17N5O4S. The molecular weight excluding hydrogens is 370 g/mol. The zero-order valence-corrected chi connectivity index (χ0v) is 15.6. The molecule has 0 aromatic carbocycles. The van der Waals surface area contributed by atoms with Crippen LogP contribution >= 0.6 is 11.5 Å². The first-order valence-corrected chi connectivity index (χ1v) is 9.20. The maximum Gasteiger partial charge on any atom is 0.341 e. The molecule has 0 atom stereocenters. The molecule has 0 spiro atoms. The lowest BCUT2D eigenvalue weighted by Gasteiger charge is -2.39. The minimum Gasteiger partial charge on any atom is -0.477 e. The summed E-state index contributed by atoms with van der Waals surface area (Å²) in [7, 11) is 0. The van der Waals surface area contributed by atoms with Crippen LogP contribution < -0.4 is 10.3 Å². The van der Waals surface area contributed by atoms with Gasteiger partial charge in [0.05, 0.1) is 11.5 Å². The van der Waals surface area contributed by atoms with Crippen molar-refractivity contribution in [2.45, 2.75) is 20.0 Å². The van der Waals surface area contributed by atoms with Gasteiger partial charge in [-0.3, -0.25) is 9.36 Å². The highest BCUT2D eigenvalue weighted by Gasteiger charge is 2.29. The molecule has 1 aliphatic rings. The van der Waals surface area contributed by atoms with Gasteiger partial charge >= 0.3 is 5.97 Å². The number of carboxylic acids is 1. The Bertz CT molecular complexity index is 1070. The van der Waals surface area contributed by atoms with Crippen molar-refractivity contribution >= 4 is 34.4 Å². The fourth-order valence-electron chi connectivity index (χ4n) is 3.18. The third-order valence-corrected chi connectivity index (χ3v) is 5.17. The number of aryl methyl sites for hydroxylation is 1. The number of rotatable bonds is 5. The molecule has 9 nitrogen and oxygen atoms in total. The first kappa shape index (κ1) is 17.6. The zero-order valence-electron chi connectivity index (χ0n) is 14.7. The molecule has 0 unspecified atom stereocenters. The molecule has 140 valence electrons. The van der Waals surface area contributed by atoms with E-state index in [4.69, 9.17) is 4.74 Å². The van der Waals surface area contributed by atoms with Crippen LogP contribution in [0.2, 0.25) is 0 Å². The Morgan fingerprint density at radius 2 is 2.22 bits per heavy atom. The largest absolute Gasteiger partial charge is 0.477 e. The molecule has 0 amide bonds. The van der Waals surface area contributed by atoms with Gasteiger partial charge in [0.1, 0.15) is 17.7 Å². The highest BCUT2D eigenvalue weighted by molar-refractivity contribution is 7.08. The molecule has 1 aliphatic heterocycles. The lowest BCUT2D eigenvalue weighted by atomic mass is 10.1. The minimum absolute atomic E-state index is 0.174. The molecule has 3 aromatic rings. The van der Waals surface area contributed by atoms with E-state index in [1.54, 1.807) is 6.92 Å². The van der Waals surface area contributed by atoms with Gasteiger partial charge in [-0.1, -0.05) is 0 Å². The number of carboxylic acid groups (broad SMARTS) is 1. The molecule has 0 saturated carbocycles. The molecule has 1 fully saturated rings. The number of fused-ring (bicyclic) bond motifs is 1. The van der Waals surface area contributed by atoms with E-state index in [2.05, 4.69) is 19.2 Å². The second-order valence-corrected chi connectivity index (χ2v) is 7.01. The van der Waals surface area contributed by atoms with Crippen molar-refractivity contribution in [1.82, 2.24) is 18.9 Å². The number of hydrogen-bond acceptors (Lipinski definition) is 8. The molecule has 1 saturated heterocycles. The van der Waals surface area contributed by atoms with Gasteiger partial charge in [-0.05, 0) is 25.5 Å². The summed E-state index contributed by atoms with van der Waals surface area (Å²) in [5, 5.41) is 10.1. The second-order valence-electron chi connectivity index (χ2n) is 6.25. The molecule has 4 heterocycles. The summed E-state index contributed by atoms with van der Waals surface area (Å²) in [6.07, 6.45) is 2.82. The highest BCUT2D eigenvalue weighted by Crippen LogP contribution is 2.27. The summed E-state index contributed by atoms with van der Waals surface area (Å²) in [4.78, 5) is 35.1. The summed E-state index contributed by atoms with van der Waals surface area (Å²) in [5.41, 5.74) is 0.166. The smallest absolute Gasteiger partial charge is 0.341 e. The normalized spacial score (nSPS) is 14.5. The van der Waals surface area contributed by atoms with Gasteiger partial charge in [-0.25, -0.2) is 14.8 Å². The molecule has 10 heteroatoms.